The minimum Gasteiger partial charge on any atom is -0.447 e. The highest BCUT2D eigenvalue weighted by Crippen LogP contribution is 2.23. The first-order chi connectivity index (χ1) is 9.74. The van der Waals surface area contributed by atoms with E-state index in [4.69, 9.17) is 4.74 Å². The number of rotatable bonds is 3. The maximum Gasteiger partial charge on any atom is 0.414 e. The summed E-state index contributed by atoms with van der Waals surface area (Å²) >= 11 is 1.38. The van der Waals surface area contributed by atoms with Gasteiger partial charge in [0.25, 0.3) is 5.91 Å². The highest BCUT2D eigenvalue weighted by atomic mass is 32.1. The molecule has 0 radical (unpaired) electrons. The first kappa shape index (κ1) is 12.7. The van der Waals surface area contributed by atoms with Crippen LogP contribution in [0.25, 0.3) is 0 Å². The van der Waals surface area contributed by atoms with Crippen LogP contribution in [0.1, 0.15) is 9.67 Å². The summed E-state index contributed by atoms with van der Waals surface area (Å²) in [5.74, 6) is -0.152. The molecule has 1 aromatic carbocycles. The summed E-state index contributed by atoms with van der Waals surface area (Å²) in [6, 6.07) is 10.8. The fourth-order valence-corrected chi connectivity index (χ4v) is 2.60. The van der Waals surface area contributed by atoms with E-state index in [1.807, 2.05) is 17.5 Å². The standard InChI is InChI=1S/C14H12N2O3S/c17-13(12-5-2-8-20-12)15-10-3-1-4-11(9-10)16-6-7-19-14(16)18/h1-5,8-9H,6-7H2,(H,15,17). The zero-order valence-electron chi connectivity index (χ0n) is 10.5. The Bertz CT molecular complexity index is 640. The van der Waals surface area contributed by atoms with Gasteiger partial charge in [0.15, 0.2) is 0 Å². The number of nitrogens with one attached hydrogen (secondary N) is 1. The molecule has 6 heteroatoms. The Morgan fingerprint density at radius 3 is 2.90 bits per heavy atom. The van der Waals surface area contributed by atoms with Crippen LogP contribution < -0.4 is 10.2 Å². The third-order valence-corrected chi connectivity index (χ3v) is 3.79. The van der Waals surface area contributed by atoms with Crippen LogP contribution in [-0.2, 0) is 4.74 Å². The molecule has 0 atom stereocenters. The molecular formula is C14H12N2O3S. The lowest BCUT2D eigenvalue weighted by atomic mass is 10.2. The molecule has 2 aromatic rings. The van der Waals surface area contributed by atoms with Crippen molar-refractivity contribution in [3.8, 4) is 0 Å². The predicted molar refractivity (Wildman–Crippen MR) is 77.4 cm³/mol. The van der Waals surface area contributed by atoms with Crippen molar-refractivity contribution in [2.45, 2.75) is 0 Å². The van der Waals surface area contributed by atoms with Gasteiger partial charge in [-0.3, -0.25) is 9.69 Å². The Kier molecular flexibility index (Phi) is 3.39. The average Bonchev–Trinajstić information content (AvgIpc) is 3.10. The third-order valence-electron chi connectivity index (χ3n) is 2.92. The number of nitrogens with zero attached hydrogens (tertiary/aromatic N) is 1. The van der Waals surface area contributed by atoms with Crippen LogP contribution in [0.15, 0.2) is 41.8 Å². The van der Waals surface area contributed by atoms with Gasteiger partial charge in [-0.1, -0.05) is 12.1 Å². The van der Waals surface area contributed by atoms with Gasteiger partial charge >= 0.3 is 6.09 Å². The lowest BCUT2D eigenvalue weighted by molar-refractivity contribution is 0.103. The van der Waals surface area contributed by atoms with E-state index in [9.17, 15) is 9.59 Å². The third kappa shape index (κ3) is 2.50. The number of cyclic esters (lactones) is 1. The summed E-state index contributed by atoms with van der Waals surface area (Å²) < 4.78 is 4.90. The molecule has 1 saturated heterocycles. The summed E-state index contributed by atoms with van der Waals surface area (Å²) in [5.41, 5.74) is 1.37. The fourth-order valence-electron chi connectivity index (χ4n) is 1.98. The van der Waals surface area contributed by atoms with Crippen molar-refractivity contribution >= 4 is 34.7 Å². The summed E-state index contributed by atoms with van der Waals surface area (Å²) in [5, 5.41) is 4.67. The molecule has 1 aliphatic heterocycles. The van der Waals surface area contributed by atoms with Crippen LogP contribution in [0.5, 0.6) is 0 Å². The number of benzene rings is 1. The van der Waals surface area contributed by atoms with Gasteiger partial charge in [-0.2, -0.15) is 0 Å². The zero-order chi connectivity index (χ0) is 13.9. The number of anilines is 2. The van der Waals surface area contributed by atoms with Gasteiger partial charge in [0.05, 0.1) is 11.4 Å². The van der Waals surface area contributed by atoms with E-state index in [1.54, 1.807) is 29.2 Å². The highest BCUT2D eigenvalue weighted by Gasteiger charge is 2.23. The van der Waals surface area contributed by atoms with E-state index in [2.05, 4.69) is 5.32 Å². The van der Waals surface area contributed by atoms with Crippen LogP contribution in [-0.4, -0.2) is 25.2 Å². The second kappa shape index (κ2) is 5.34. The molecule has 2 heterocycles. The number of hydrogen-bond acceptors (Lipinski definition) is 4. The van der Waals surface area contributed by atoms with Crippen molar-refractivity contribution in [1.29, 1.82) is 0 Å². The molecule has 1 aliphatic rings. The first-order valence-electron chi connectivity index (χ1n) is 6.13. The number of thiophene rings is 1. The van der Waals surface area contributed by atoms with E-state index in [0.29, 0.717) is 23.7 Å². The Morgan fingerprint density at radius 1 is 1.30 bits per heavy atom. The lowest BCUT2D eigenvalue weighted by Gasteiger charge is -2.14. The molecule has 1 aromatic heterocycles. The van der Waals surface area contributed by atoms with E-state index in [1.165, 1.54) is 11.3 Å². The maximum atomic E-state index is 12.0. The molecule has 0 bridgehead atoms. The second-order valence-corrected chi connectivity index (χ2v) is 5.20. The minimum atomic E-state index is -0.355. The molecular weight excluding hydrogens is 276 g/mol. The summed E-state index contributed by atoms with van der Waals surface area (Å²) in [6.07, 6.45) is -0.355. The van der Waals surface area contributed by atoms with Crippen molar-refractivity contribution in [2.75, 3.05) is 23.4 Å². The van der Waals surface area contributed by atoms with E-state index in [0.717, 1.165) is 5.69 Å². The highest BCUT2D eigenvalue weighted by molar-refractivity contribution is 7.12. The van der Waals surface area contributed by atoms with Crippen molar-refractivity contribution in [2.24, 2.45) is 0 Å². The maximum absolute atomic E-state index is 12.0. The van der Waals surface area contributed by atoms with Crippen LogP contribution in [0.2, 0.25) is 0 Å². The Morgan fingerprint density at radius 2 is 2.20 bits per heavy atom. The molecule has 1 fully saturated rings. The largest absolute Gasteiger partial charge is 0.447 e. The number of carbonyl (C=O) groups excluding carboxylic acids is 2. The monoisotopic (exact) mass is 288 g/mol. The second-order valence-electron chi connectivity index (χ2n) is 4.25. The molecule has 0 aliphatic carbocycles. The van der Waals surface area contributed by atoms with Gasteiger partial charge in [-0.25, -0.2) is 4.79 Å². The van der Waals surface area contributed by atoms with Gasteiger partial charge < -0.3 is 10.1 Å². The Hall–Kier alpha value is -2.34. The van der Waals surface area contributed by atoms with Gasteiger partial charge in [0.1, 0.15) is 6.61 Å². The number of ether oxygens (including phenoxy) is 1. The predicted octanol–water partition coefficient (Wildman–Crippen LogP) is 2.96. The van der Waals surface area contributed by atoms with Crippen LogP contribution in [0.3, 0.4) is 0 Å². The molecule has 0 spiro atoms. The van der Waals surface area contributed by atoms with Crippen LogP contribution in [0.4, 0.5) is 16.2 Å². The smallest absolute Gasteiger partial charge is 0.414 e. The van der Waals surface area contributed by atoms with E-state index >= 15 is 0 Å². The summed E-state index contributed by atoms with van der Waals surface area (Å²) in [4.78, 5) is 25.7. The van der Waals surface area contributed by atoms with Crippen molar-refractivity contribution in [1.82, 2.24) is 0 Å². The number of hydrogen-bond donors (Lipinski definition) is 1. The Balaban J connectivity index is 1.78. The number of amides is 2. The normalized spacial score (nSPS) is 14.2. The SMILES string of the molecule is O=C(Nc1cccc(N2CCOC2=O)c1)c1cccs1. The average molecular weight is 288 g/mol. The Labute approximate surface area is 119 Å². The van der Waals surface area contributed by atoms with Crippen molar-refractivity contribution in [3.05, 3.63) is 46.7 Å². The van der Waals surface area contributed by atoms with Gasteiger partial charge in [0, 0.05) is 11.4 Å². The molecule has 1 N–H and O–H groups in total. The number of carbonyl (C=O) groups is 2. The molecule has 20 heavy (non-hydrogen) atoms. The van der Waals surface area contributed by atoms with Gasteiger partial charge in [-0.05, 0) is 29.6 Å². The minimum absolute atomic E-state index is 0.152. The molecule has 102 valence electrons. The van der Waals surface area contributed by atoms with E-state index in [-0.39, 0.29) is 12.0 Å². The molecule has 3 rings (SSSR count). The van der Waals surface area contributed by atoms with Crippen LogP contribution >= 0.6 is 11.3 Å². The molecule has 2 amide bonds. The topological polar surface area (TPSA) is 58.6 Å². The van der Waals surface area contributed by atoms with Crippen molar-refractivity contribution < 1.29 is 14.3 Å². The molecule has 0 saturated carbocycles. The van der Waals surface area contributed by atoms with E-state index < -0.39 is 0 Å². The van der Waals surface area contributed by atoms with Gasteiger partial charge in [-0.15, -0.1) is 11.3 Å². The lowest BCUT2D eigenvalue weighted by Crippen LogP contribution is -2.23. The quantitative estimate of drug-likeness (QED) is 0.944. The zero-order valence-corrected chi connectivity index (χ0v) is 11.4. The molecule has 5 nitrogen and oxygen atoms in total. The summed E-state index contributed by atoms with van der Waals surface area (Å²) in [6.45, 7) is 0.922. The first-order valence-corrected chi connectivity index (χ1v) is 7.01. The summed E-state index contributed by atoms with van der Waals surface area (Å²) in [7, 11) is 0. The molecule has 0 unspecified atom stereocenters. The van der Waals surface area contributed by atoms with Crippen LogP contribution in [0, 0.1) is 0 Å². The van der Waals surface area contributed by atoms with Crippen molar-refractivity contribution in [3.63, 3.8) is 0 Å². The van der Waals surface area contributed by atoms with Gasteiger partial charge in [0.2, 0.25) is 0 Å². The fraction of sp³-hybridized carbons (Fsp3) is 0.143.